The van der Waals surface area contributed by atoms with Crippen LogP contribution in [0.1, 0.15) is 71.1 Å². The predicted molar refractivity (Wildman–Crippen MR) is 81.4 cm³/mol. The molecular formula is C17H32N2. The van der Waals surface area contributed by atoms with Gasteiger partial charge in [-0.3, -0.25) is 4.90 Å². The Labute approximate surface area is 119 Å². The third-order valence-electron chi connectivity index (χ3n) is 5.60. The van der Waals surface area contributed by atoms with E-state index in [1.807, 2.05) is 0 Å². The van der Waals surface area contributed by atoms with Crippen LogP contribution in [0, 0.1) is 5.92 Å². The molecule has 1 N–H and O–H groups in total. The van der Waals surface area contributed by atoms with E-state index in [0.29, 0.717) is 0 Å². The van der Waals surface area contributed by atoms with Gasteiger partial charge in [0.15, 0.2) is 0 Å². The number of nitrogens with zero attached hydrogens (tertiary/aromatic N) is 1. The molecule has 110 valence electrons. The highest BCUT2D eigenvalue weighted by Crippen LogP contribution is 2.36. The topological polar surface area (TPSA) is 15.3 Å². The zero-order valence-corrected chi connectivity index (χ0v) is 12.7. The minimum absolute atomic E-state index is 0.816. The molecule has 0 spiro atoms. The van der Waals surface area contributed by atoms with Crippen molar-refractivity contribution in [3.05, 3.63) is 0 Å². The molecule has 0 amide bonds. The lowest BCUT2D eigenvalue weighted by molar-refractivity contribution is 0.0224. The third kappa shape index (κ3) is 3.52. The van der Waals surface area contributed by atoms with Gasteiger partial charge in [-0.15, -0.1) is 0 Å². The molecule has 3 fully saturated rings. The quantitative estimate of drug-likeness (QED) is 0.789. The molecule has 3 aliphatic rings. The van der Waals surface area contributed by atoms with Crippen LogP contribution in [0.5, 0.6) is 0 Å². The summed E-state index contributed by atoms with van der Waals surface area (Å²) in [4.78, 5) is 2.92. The molecule has 1 saturated heterocycles. The van der Waals surface area contributed by atoms with Crippen molar-refractivity contribution in [3.63, 3.8) is 0 Å². The van der Waals surface area contributed by atoms with Crippen molar-refractivity contribution in [2.24, 2.45) is 5.92 Å². The summed E-state index contributed by atoms with van der Waals surface area (Å²) in [5.74, 6) is 1.03. The highest BCUT2D eigenvalue weighted by Gasteiger charge is 2.36. The van der Waals surface area contributed by atoms with Crippen LogP contribution in [-0.2, 0) is 0 Å². The van der Waals surface area contributed by atoms with Crippen LogP contribution in [0.3, 0.4) is 0 Å². The van der Waals surface area contributed by atoms with E-state index in [2.05, 4.69) is 17.1 Å². The summed E-state index contributed by atoms with van der Waals surface area (Å²) in [5, 5.41) is 3.79. The van der Waals surface area contributed by atoms with Crippen molar-refractivity contribution >= 4 is 0 Å². The normalized spacial score (nSPS) is 33.9. The van der Waals surface area contributed by atoms with Gasteiger partial charge in [-0.1, -0.05) is 26.2 Å². The number of rotatable bonds is 6. The fourth-order valence-corrected chi connectivity index (χ4v) is 4.43. The molecule has 2 saturated carbocycles. The maximum absolute atomic E-state index is 3.79. The van der Waals surface area contributed by atoms with Gasteiger partial charge in [-0.25, -0.2) is 0 Å². The van der Waals surface area contributed by atoms with Gasteiger partial charge in [0.25, 0.3) is 0 Å². The van der Waals surface area contributed by atoms with Gasteiger partial charge in [0.1, 0.15) is 0 Å². The van der Waals surface area contributed by atoms with E-state index in [9.17, 15) is 0 Å². The predicted octanol–water partition coefficient (Wildman–Crippen LogP) is 3.56. The third-order valence-corrected chi connectivity index (χ3v) is 5.60. The summed E-state index contributed by atoms with van der Waals surface area (Å²) in [6.45, 7) is 4.98. The number of piperidine rings is 1. The largest absolute Gasteiger partial charge is 0.312 e. The molecule has 2 heteroatoms. The van der Waals surface area contributed by atoms with Crippen LogP contribution in [0.2, 0.25) is 0 Å². The van der Waals surface area contributed by atoms with Gasteiger partial charge in [0, 0.05) is 24.7 Å². The van der Waals surface area contributed by atoms with E-state index in [4.69, 9.17) is 0 Å². The summed E-state index contributed by atoms with van der Waals surface area (Å²) in [6.07, 6.45) is 14.5. The van der Waals surface area contributed by atoms with E-state index in [-0.39, 0.29) is 0 Å². The van der Waals surface area contributed by atoms with Crippen LogP contribution in [-0.4, -0.2) is 36.1 Å². The second-order valence-corrected chi connectivity index (χ2v) is 7.12. The zero-order valence-electron chi connectivity index (χ0n) is 12.7. The molecule has 3 rings (SSSR count). The smallest absolute Gasteiger partial charge is 0.0223 e. The second kappa shape index (κ2) is 6.58. The van der Waals surface area contributed by atoms with Gasteiger partial charge < -0.3 is 5.32 Å². The van der Waals surface area contributed by atoms with Crippen molar-refractivity contribution in [1.82, 2.24) is 10.2 Å². The number of hydrogen-bond donors (Lipinski definition) is 1. The summed E-state index contributed by atoms with van der Waals surface area (Å²) in [7, 11) is 0. The highest BCUT2D eigenvalue weighted by atomic mass is 15.2. The summed E-state index contributed by atoms with van der Waals surface area (Å²) in [6, 6.07) is 2.61. The van der Waals surface area contributed by atoms with Gasteiger partial charge in [-0.2, -0.15) is 0 Å². The van der Waals surface area contributed by atoms with E-state index in [1.54, 1.807) is 0 Å². The monoisotopic (exact) mass is 264 g/mol. The molecule has 1 aliphatic heterocycles. The van der Waals surface area contributed by atoms with Crippen LogP contribution in [0.15, 0.2) is 0 Å². The maximum Gasteiger partial charge on any atom is 0.0223 e. The lowest BCUT2D eigenvalue weighted by Gasteiger charge is -2.48. The Morgan fingerprint density at radius 1 is 1.05 bits per heavy atom. The Balaban J connectivity index is 1.60. The highest BCUT2D eigenvalue weighted by molar-refractivity contribution is 4.92. The molecule has 1 heterocycles. The van der Waals surface area contributed by atoms with Gasteiger partial charge >= 0.3 is 0 Å². The molecule has 2 nitrogen and oxygen atoms in total. The summed E-state index contributed by atoms with van der Waals surface area (Å²) in [5.41, 5.74) is 0. The van der Waals surface area contributed by atoms with Crippen molar-refractivity contribution in [3.8, 4) is 0 Å². The molecule has 3 atom stereocenters. The number of nitrogens with one attached hydrogen (secondary N) is 1. The lowest BCUT2D eigenvalue weighted by atomic mass is 9.77. The first kappa shape index (κ1) is 13.9. The SMILES string of the molecule is CCCC(CNC1CC1)N1CCCC2CCCCC21. The van der Waals surface area contributed by atoms with Crippen LogP contribution in [0.4, 0.5) is 0 Å². The molecule has 19 heavy (non-hydrogen) atoms. The minimum Gasteiger partial charge on any atom is -0.312 e. The van der Waals surface area contributed by atoms with E-state index < -0.39 is 0 Å². The molecule has 3 unspecified atom stereocenters. The fourth-order valence-electron chi connectivity index (χ4n) is 4.43. The van der Waals surface area contributed by atoms with Crippen molar-refractivity contribution in [2.75, 3.05) is 13.1 Å². The fraction of sp³-hybridized carbons (Fsp3) is 1.00. The van der Waals surface area contributed by atoms with Gasteiger partial charge in [0.2, 0.25) is 0 Å². The van der Waals surface area contributed by atoms with Crippen molar-refractivity contribution in [2.45, 2.75) is 89.3 Å². The minimum atomic E-state index is 0.816. The van der Waals surface area contributed by atoms with E-state index >= 15 is 0 Å². The maximum atomic E-state index is 3.79. The number of likely N-dealkylation sites (tertiary alicyclic amines) is 1. The molecule has 0 aromatic carbocycles. The average molecular weight is 264 g/mol. The van der Waals surface area contributed by atoms with E-state index in [1.165, 1.54) is 77.3 Å². The van der Waals surface area contributed by atoms with Gasteiger partial charge in [0.05, 0.1) is 0 Å². The zero-order chi connectivity index (χ0) is 13.1. The van der Waals surface area contributed by atoms with Gasteiger partial charge in [-0.05, 0) is 57.4 Å². The summed E-state index contributed by atoms with van der Waals surface area (Å²) >= 11 is 0. The van der Waals surface area contributed by atoms with Crippen LogP contribution >= 0.6 is 0 Å². The Morgan fingerprint density at radius 3 is 2.63 bits per heavy atom. The number of fused-ring (bicyclic) bond motifs is 1. The average Bonchev–Trinajstić information content (AvgIpc) is 3.27. The molecule has 2 aliphatic carbocycles. The van der Waals surface area contributed by atoms with E-state index in [0.717, 1.165) is 24.0 Å². The van der Waals surface area contributed by atoms with Crippen molar-refractivity contribution < 1.29 is 0 Å². The molecule has 0 radical (unpaired) electrons. The molecule has 0 aromatic rings. The molecule has 0 aromatic heterocycles. The Hall–Kier alpha value is -0.0800. The second-order valence-electron chi connectivity index (χ2n) is 7.12. The van der Waals surface area contributed by atoms with Crippen molar-refractivity contribution in [1.29, 1.82) is 0 Å². The standard InChI is InChI=1S/C17H32N2/c1-2-6-16(13-18-15-10-11-15)19-12-5-8-14-7-3-4-9-17(14)19/h14-18H,2-13H2,1H3. The van der Waals surface area contributed by atoms with Crippen LogP contribution in [0.25, 0.3) is 0 Å². The Bertz CT molecular complexity index is 272. The summed E-state index contributed by atoms with van der Waals surface area (Å²) < 4.78 is 0. The Kier molecular flexibility index (Phi) is 4.81. The first-order chi connectivity index (χ1) is 9.38. The molecule has 0 bridgehead atoms. The molecular weight excluding hydrogens is 232 g/mol. The Morgan fingerprint density at radius 2 is 1.84 bits per heavy atom. The first-order valence-electron chi connectivity index (χ1n) is 8.87. The number of hydrogen-bond acceptors (Lipinski definition) is 2. The lowest BCUT2D eigenvalue weighted by Crippen LogP contribution is -2.54. The first-order valence-corrected chi connectivity index (χ1v) is 8.87. The van der Waals surface area contributed by atoms with Crippen LogP contribution < -0.4 is 5.32 Å².